The third-order valence-electron chi connectivity index (χ3n) is 4.81. The maximum atomic E-state index is 12.3. The van der Waals surface area contributed by atoms with Crippen molar-refractivity contribution in [3.8, 4) is 0 Å². The Kier molecular flexibility index (Phi) is 1.92. The summed E-state index contributed by atoms with van der Waals surface area (Å²) >= 11 is 0. The molecule has 1 aliphatic carbocycles. The molecule has 0 radical (unpaired) electrons. The predicted octanol–water partition coefficient (Wildman–Crippen LogP) is 1.46. The molecule has 3 rings (SSSR count). The van der Waals surface area contributed by atoms with Gasteiger partial charge in [0.25, 0.3) is 5.91 Å². The molecule has 0 bridgehead atoms. The number of likely N-dealkylation sites (N-methyl/N-ethyl adjacent to an activating group) is 1. The number of hydrogen-bond donors (Lipinski definition) is 0. The molecule has 1 saturated heterocycles. The predicted molar refractivity (Wildman–Crippen MR) is 62.7 cm³/mol. The highest BCUT2D eigenvalue weighted by Gasteiger charge is 2.70. The Morgan fingerprint density at radius 2 is 2.25 bits per heavy atom. The second-order valence-electron chi connectivity index (χ2n) is 5.45. The molecule has 3 aliphatic rings. The van der Waals surface area contributed by atoms with E-state index in [2.05, 4.69) is 17.9 Å². The average molecular weight is 220 g/mol. The third-order valence-corrected chi connectivity index (χ3v) is 4.81. The van der Waals surface area contributed by atoms with Crippen LogP contribution in [0, 0.1) is 11.3 Å². The van der Waals surface area contributed by atoms with Crippen LogP contribution in [-0.4, -0.2) is 41.4 Å². The van der Waals surface area contributed by atoms with Crippen LogP contribution in [-0.2, 0) is 4.79 Å². The van der Waals surface area contributed by atoms with E-state index in [0.29, 0.717) is 17.4 Å². The molecule has 0 N–H and O–H groups in total. The van der Waals surface area contributed by atoms with Crippen LogP contribution in [0.5, 0.6) is 0 Å². The van der Waals surface area contributed by atoms with Crippen LogP contribution in [0.3, 0.4) is 0 Å². The SMILES string of the molecule is CCN(CC)C(=O)C1=C[C@H]2[C@H]3N1CC[C@@]23C. The molecule has 0 aromatic carbocycles. The molecule has 2 aliphatic heterocycles. The smallest absolute Gasteiger partial charge is 0.269 e. The Hall–Kier alpha value is -0.990. The summed E-state index contributed by atoms with van der Waals surface area (Å²) in [5.41, 5.74) is 1.49. The van der Waals surface area contributed by atoms with E-state index in [9.17, 15) is 4.79 Å². The van der Waals surface area contributed by atoms with Crippen molar-refractivity contribution in [2.24, 2.45) is 11.3 Å². The minimum Gasteiger partial charge on any atom is -0.363 e. The minimum absolute atomic E-state index is 0.237. The second-order valence-corrected chi connectivity index (χ2v) is 5.45. The second kappa shape index (κ2) is 3.02. The maximum absolute atomic E-state index is 12.3. The summed E-state index contributed by atoms with van der Waals surface area (Å²) < 4.78 is 0. The van der Waals surface area contributed by atoms with Gasteiger partial charge in [0, 0.05) is 31.6 Å². The molecule has 88 valence electrons. The van der Waals surface area contributed by atoms with Crippen molar-refractivity contribution in [2.45, 2.75) is 33.2 Å². The van der Waals surface area contributed by atoms with Crippen LogP contribution < -0.4 is 0 Å². The first-order chi connectivity index (χ1) is 7.63. The lowest BCUT2D eigenvalue weighted by Crippen LogP contribution is -2.37. The van der Waals surface area contributed by atoms with E-state index in [1.807, 2.05) is 18.7 Å². The van der Waals surface area contributed by atoms with Crippen LogP contribution >= 0.6 is 0 Å². The minimum atomic E-state index is 0.237. The maximum Gasteiger partial charge on any atom is 0.269 e. The van der Waals surface area contributed by atoms with Crippen molar-refractivity contribution in [3.63, 3.8) is 0 Å². The van der Waals surface area contributed by atoms with Crippen molar-refractivity contribution in [1.29, 1.82) is 0 Å². The molecule has 3 heteroatoms. The van der Waals surface area contributed by atoms with Crippen molar-refractivity contribution < 1.29 is 4.79 Å². The van der Waals surface area contributed by atoms with Gasteiger partial charge < -0.3 is 9.80 Å². The first-order valence-electron chi connectivity index (χ1n) is 6.41. The first kappa shape index (κ1) is 10.2. The summed E-state index contributed by atoms with van der Waals surface area (Å²) in [5, 5.41) is 0. The average Bonchev–Trinajstić information content (AvgIpc) is 2.62. The van der Waals surface area contributed by atoms with Gasteiger partial charge >= 0.3 is 0 Å². The van der Waals surface area contributed by atoms with Gasteiger partial charge in [-0.15, -0.1) is 0 Å². The molecule has 1 amide bonds. The van der Waals surface area contributed by atoms with Gasteiger partial charge in [0.15, 0.2) is 0 Å². The van der Waals surface area contributed by atoms with E-state index in [0.717, 1.165) is 25.3 Å². The van der Waals surface area contributed by atoms with E-state index in [-0.39, 0.29) is 5.91 Å². The van der Waals surface area contributed by atoms with E-state index in [1.165, 1.54) is 6.42 Å². The van der Waals surface area contributed by atoms with Crippen LogP contribution in [0.25, 0.3) is 0 Å². The molecule has 3 nitrogen and oxygen atoms in total. The Balaban J connectivity index is 1.81. The number of fused-ring (bicyclic) bond motifs is 1. The van der Waals surface area contributed by atoms with Gasteiger partial charge in [-0.05, 0) is 31.8 Å². The number of nitrogens with zero attached hydrogens (tertiary/aromatic N) is 2. The van der Waals surface area contributed by atoms with Crippen LogP contribution in [0.4, 0.5) is 0 Å². The van der Waals surface area contributed by atoms with E-state index < -0.39 is 0 Å². The highest BCUT2D eigenvalue weighted by atomic mass is 16.2. The molecular weight excluding hydrogens is 200 g/mol. The fraction of sp³-hybridized carbons (Fsp3) is 0.769. The van der Waals surface area contributed by atoms with Gasteiger partial charge in [-0.1, -0.05) is 6.92 Å². The fourth-order valence-corrected chi connectivity index (χ4v) is 3.62. The molecule has 0 unspecified atom stereocenters. The number of amides is 1. The summed E-state index contributed by atoms with van der Waals surface area (Å²) in [5.74, 6) is 0.900. The van der Waals surface area contributed by atoms with E-state index in [4.69, 9.17) is 0 Å². The van der Waals surface area contributed by atoms with Crippen LogP contribution in [0.2, 0.25) is 0 Å². The molecule has 2 fully saturated rings. The largest absolute Gasteiger partial charge is 0.363 e. The zero-order valence-electron chi connectivity index (χ0n) is 10.4. The Bertz CT molecular complexity index is 372. The van der Waals surface area contributed by atoms with Crippen molar-refractivity contribution in [1.82, 2.24) is 9.80 Å². The fourth-order valence-electron chi connectivity index (χ4n) is 3.62. The van der Waals surface area contributed by atoms with Crippen molar-refractivity contribution >= 4 is 5.91 Å². The summed E-state index contributed by atoms with van der Waals surface area (Å²) in [6.07, 6.45) is 3.49. The number of piperidine rings is 1. The summed E-state index contributed by atoms with van der Waals surface area (Å²) in [6, 6.07) is 0.655. The molecule has 0 aromatic heterocycles. The summed E-state index contributed by atoms with van der Waals surface area (Å²) in [4.78, 5) is 16.6. The molecule has 3 atom stereocenters. The van der Waals surface area contributed by atoms with Gasteiger partial charge in [0.2, 0.25) is 0 Å². The highest BCUT2D eigenvalue weighted by molar-refractivity contribution is 5.94. The molecule has 1 saturated carbocycles. The van der Waals surface area contributed by atoms with Crippen molar-refractivity contribution in [2.75, 3.05) is 19.6 Å². The molecule has 0 spiro atoms. The standard InChI is InChI=1S/C13H20N2O/c1-4-14(5-2)12(16)10-8-9-11-13(9,3)6-7-15(10)11/h8-9,11H,4-7H2,1-3H3/t9-,11+,13-/m0/s1. The lowest BCUT2D eigenvalue weighted by Gasteiger charge is -2.25. The highest BCUT2D eigenvalue weighted by Crippen LogP contribution is 2.67. The number of hydrogen-bond acceptors (Lipinski definition) is 2. The Morgan fingerprint density at radius 3 is 2.81 bits per heavy atom. The van der Waals surface area contributed by atoms with Gasteiger partial charge in [-0.2, -0.15) is 0 Å². The lowest BCUT2D eigenvalue weighted by molar-refractivity contribution is -0.128. The van der Waals surface area contributed by atoms with E-state index in [1.54, 1.807) is 0 Å². The summed E-state index contributed by atoms with van der Waals surface area (Å²) in [6.45, 7) is 9.16. The topological polar surface area (TPSA) is 23.6 Å². The van der Waals surface area contributed by atoms with Gasteiger partial charge in [-0.25, -0.2) is 0 Å². The quantitative estimate of drug-likeness (QED) is 0.719. The zero-order chi connectivity index (χ0) is 11.5. The van der Waals surface area contributed by atoms with Gasteiger partial charge in [0.05, 0.1) is 5.70 Å². The van der Waals surface area contributed by atoms with E-state index >= 15 is 0 Å². The number of rotatable bonds is 3. The van der Waals surface area contributed by atoms with Gasteiger partial charge in [0.1, 0.15) is 0 Å². The Morgan fingerprint density at radius 1 is 1.56 bits per heavy atom. The Labute approximate surface area is 97.1 Å². The van der Waals surface area contributed by atoms with Gasteiger partial charge in [-0.3, -0.25) is 4.79 Å². The summed E-state index contributed by atoms with van der Waals surface area (Å²) in [7, 11) is 0. The normalized spacial score (nSPS) is 38.4. The molecule has 0 aromatic rings. The van der Waals surface area contributed by atoms with Crippen LogP contribution in [0.1, 0.15) is 27.2 Å². The third kappa shape index (κ3) is 1.01. The van der Waals surface area contributed by atoms with Crippen LogP contribution in [0.15, 0.2) is 11.8 Å². The zero-order valence-corrected chi connectivity index (χ0v) is 10.4. The number of carbonyl (C=O) groups excluding carboxylic acids is 1. The lowest BCUT2D eigenvalue weighted by atomic mass is 10.0. The van der Waals surface area contributed by atoms with Crippen molar-refractivity contribution in [3.05, 3.63) is 11.8 Å². The first-order valence-corrected chi connectivity index (χ1v) is 6.41. The molecule has 16 heavy (non-hydrogen) atoms. The molecule has 2 heterocycles. The monoisotopic (exact) mass is 220 g/mol. The number of carbonyl (C=O) groups is 1. The molecular formula is C13H20N2O.